The highest BCUT2D eigenvalue weighted by Gasteiger charge is 2.26. The second kappa shape index (κ2) is 4.61. The van der Waals surface area contributed by atoms with Crippen LogP contribution in [0.2, 0.25) is 0 Å². The Balaban J connectivity index is 2.02. The molecule has 1 aromatic heterocycles. The fraction of sp³-hybridized carbons (Fsp3) is 0.600. The molecule has 1 aromatic rings. The summed E-state index contributed by atoms with van der Waals surface area (Å²) in [5.41, 5.74) is 1.01. The van der Waals surface area contributed by atoms with Gasteiger partial charge in [-0.05, 0) is 19.8 Å². The van der Waals surface area contributed by atoms with Gasteiger partial charge >= 0.3 is 0 Å². The lowest BCUT2D eigenvalue weighted by molar-refractivity contribution is -0.133. The van der Waals surface area contributed by atoms with Crippen LogP contribution in [0, 0.1) is 6.92 Å². The van der Waals surface area contributed by atoms with Crippen LogP contribution in [0.3, 0.4) is 0 Å². The number of carbonyl (C=O) groups is 1. The zero-order valence-corrected chi connectivity index (χ0v) is 11.0. The number of thiazole rings is 1. The van der Waals surface area contributed by atoms with Crippen molar-refractivity contribution in [2.24, 2.45) is 0 Å². The van der Waals surface area contributed by atoms with Gasteiger partial charge in [0.2, 0.25) is 5.91 Å². The molecule has 3 nitrogen and oxygen atoms in total. The molecule has 1 unspecified atom stereocenters. The molecule has 1 saturated heterocycles. The summed E-state index contributed by atoms with van der Waals surface area (Å²) >= 11 is 5.04. The van der Waals surface area contributed by atoms with Crippen molar-refractivity contribution in [2.45, 2.75) is 31.1 Å². The maximum absolute atomic E-state index is 11.8. The second-order valence-electron chi connectivity index (χ2n) is 3.73. The summed E-state index contributed by atoms with van der Waals surface area (Å²) in [4.78, 5) is 18.1. The fourth-order valence-corrected chi connectivity index (χ4v) is 2.94. The monoisotopic (exact) mass is 288 g/mol. The van der Waals surface area contributed by atoms with Gasteiger partial charge in [0.05, 0.1) is 22.1 Å². The minimum atomic E-state index is 0.00554. The topological polar surface area (TPSA) is 33.2 Å². The Morgan fingerprint density at radius 3 is 3.20 bits per heavy atom. The lowest BCUT2D eigenvalue weighted by Gasteiger charge is -2.29. The predicted molar refractivity (Wildman–Crippen MR) is 64.2 cm³/mol. The average Bonchev–Trinajstić information content (AvgIpc) is 2.59. The van der Waals surface area contributed by atoms with Crippen molar-refractivity contribution in [3.05, 3.63) is 16.1 Å². The summed E-state index contributed by atoms with van der Waals surface area (Å²) in [6.45, 7) is 3.50. The van der Waals surface area contributed by atoms with Gasteiger partial charge in [0.25, 0.3) is 0 Å². The number of hydrogen-bond acceptors (Lipinski definition) is 3. The standard InChI is InChI=1S/C10H13BrN2OS/c1-7-12-8(6-15-7)5-13-4-2-3-9(11)10(13)14/h6,9H,2-5H2,1H3. The van der Waals surface area contributed by atoms with Crippen LogP contribution in [0.1, 0.15) is 23.5 Å². The summed E-state index contributed by atoms with van der Waals surface area (Å²) in [6, 6.07) is 0. The molecule has 1 aliphatic rings. The Hall–Kier alpha value is -0.420. The largest absolute Gasteiger partial charge is 0.336 e. The van der Waals surface area contributed by atoms with Crippen molar-refractivity contribution in [3.63, 3.8) is 0 Å². The number of hydrogen-bond donors (Lipinski definition) is 0. The molecule has 0 bridgehead atoms. The maximum atomic E-state index is 11.8. The first-order valence-electron chi connectivity index (χ1n) is 5.00. The molecule has 0 radical (unpaired) electrons. The molecule has 2 rings (SSSR count). The van der Waals surface area contributed by atoms with Crippen molar-refractivity contribution in [1.82, 2.24) is 9.88 Å². The molecular formula is C10H13BrN2OS. The Kier molecular flexibility index (Phi) is 3.41. The molecule has 1 amide bonds. The minimum absolute atomic E-state index is 0.00554. The van der Waals surface area contributed by atoms with Gasteiger partial charge in [-0.15, -0.1) is 11.3 Å². The molecule has 15 heavy (non-hydrogen) atoms. The number of aromatic nitrogens is 1. The zero-order chi connectivity index (χ0) is 10.8. The molecule has 0 aliphatic carbocycles. The van der Waals surface area contributed by atoms with Crippen LogP contribution in [0.4, 0.5) is 0 Å². The summed E-state index contributed by atoms with van der Waals surface area (Å²) in [6.07, 6.45) is 2.02. The summed E-state index contributed by atoms with van der Waals surface area (Å²) in [5, 5.41) is 3.09. The number of halogens is 1. The van der Waals surface area contributed by atoms with Crippen molar-refractivity contribution >= 4 is 33.2 Å². The predicted octanol–water partition coefficient (Wildman–Crippen LogP) is 2.34. The average molecular weight is 289 g/mol. The molecule has 1 aliphatic heterocycles. The van der Waals surface area contributed by atoms with Gasteiger partial charge in [-0.1, -0.05) is 15.9 Å². The molecular weight excluding hydrogens is 276 g/mol. The van der Waals surface area contributed by atoms with Crippen LogP contribution >= 0.6 is 27.3 Å². The molecule has 0 aromatic carbocycles. The number of piperidine rings is 1. The second-order valence-corrected chi connectivity index (χ2v) is 5.89. The van der Waals surface area contributed by atoms with Gasteiger partial charge in [-0.2, -0.15) is 0 Å². The van der Waals surface area contributed by atoms with E-state index in [1.54, 1.807) is 11.3 Å². The molecule has 82 valence electrons. The van der Waals surface area contributed by atoms with E-state index in [2.05, 4.69) is 20.9 Å². The minimum Gasteiger partial charge on any atom is -0.336 e. The van der Waals surface area contributed by atoms with E-state index in [1.165, 1.54) is 0 Å². The number of aryl methyl sites for hydroxylation is 1. The first-order valence-corrected chi connectivity index (χ1v) is 6.80. The van der Waals surface area contributed by atoms with E-state index in [-0.39, 0.29) is 10.7 Å². The van der Waals surface area contributed by atoms with Crippen molar-refractivity contribution in [1.29, 1.82) is 0 Å². The van der Waals surface area contributed by atoms with Gasteiger partial charge in [0.15, 0.2) is 0 Å². The third-order valence-electron chi connectivity index (χ3n) is 2.48. The molecule has 1 atom stereocenters. The van der Waals surface area contributed by atoms with Crippen molar-refractivity contribution in [2.75, 3.05) is 6.54 Å². The maximum Gasteiger partial charge on any atom is 0.236 e. The lowest BCUT2D eigenvalue weighted by atomic mass is 10.1. The Morgan fingerprint density at radius 2 is 2.53 bits per heavy atom. The number of amides is 1. The first kappa shape index (κ1) is 11.1. The quantitative estimate of drug-likeness (QED) is 0.783. The van der Waals surface area contributed by atoms with Crippen LogP contribution in [0.25, 0.3) is 0 Å². The molecule has 0 spiro atoms. The zero-order valence-electron chi connectivity index (χ0n) is 8.57. The van der Waals surface area contributed by atoms with Gasteiger partial charge in [0.1, 0.15) is 0 Å². The third-order valence-corrected chi connectivity index (χ3v) is 4.16. The molecule has 2 heterocycles. The van der Waals surface area contributed by atoms with E-state index in [1.807, 2.05) is 17.2 Å². The van der Waals surface area contributed by atoms with Gasteiger partial charge in [-0.3, -0.25) is 4.79 Å². The van der Waals surface area contributed by atoms with Crippen LogP contribution in [-0.2, 0) is 11.3 Å². The van der Waals surface area contributed by atoms with E-state index in [9.17, 15) is 4.79 Å². The molecule has 0 saturated carbocycles. The van der Waals surface area contributed by atoms with E-state index in [4.69, 9.17) is 0 Å². The normalized spacial score (nSPS) is 22.1. The van der Waals surface area contributed by atoms with E-state index in [0.29, 0.717) is 6.54 Å². The Labute approximate surface area is 102 Å². The van der Waals surface area contributed by atoms with Gasteiger partial charge in [-0.25, -0.2) is 4.98 Å². The van der Waals surface area contributed by atoms with E-state index < -0.39 is 0 Å². The smallest absolute Gasteiger partial charge is 0.236 e. The van der Waals surface area contributed by atoms with Gasteiger partial charge < -0.3 is 4.90 Å². The Bertz CT molecular complexity index is 366. The molecule has 1 fully saturated rings. The molecule has 5 heteroatoms. The van der Waals surface area contributed by atoms with Crippen LogP contribution in [0.15, 0.2) is 5.38 Å². The van der Waals surface area contributed by atoms with Crippen LogP contribution in [-0.4, -0.2) is 27.2 Å². The third kappa shape index (κ3) is 2.58. The highest BCUT2D eigenvalue weighted by molar-refractivity contribution is 9.10. The number of nitrogens with zero attached hydrogens (tertiary/aromatic N) is 2. The first-order chi connectivity index (χ1) is 7.16. The summed E-state index contributed by atoms with van der Waals surface area (Å²) in [5.74, 6) is 0.201. The van der Waals surface area contributed by atoms with E-state index in [0.717, 1.165) is 30.1 Å². The fourth-order valence-electron chi connectivity index (χ4n) is 1.73. The number of likely N-dealkylation sites (tertiary alicyclic amines) is 1. The van der Waals surface area contributed by atoms with Crippen molar-refractivity contribution in [3.8, 4) is 0 Å². The molecule has 0 N–H and O–H groups in total. The number of rotatable bonds is 2. The highest BCUT2D eigenvalue weighted by atomic mass is 79.9. The van der Waals surface area contributed by atoms with Crippen LogP contribution < -0.4 is 0 Å². The van der Waals surface area contributed by atoms with Crippen molar-refractivity contribution < 1.29 is 4.79 Å². The Morgan fingerprint density at radius 1 is 1.73 bits per heavy atom. The SMILES string of the molecule is Cc1nc(CN2CCCC(Br)C2=O)cs1. The highest BCUT2D eigenvalue weighted by Crippen LogP contribution is 2.20. The summed E-state index contributed by atoms with van der Waals surface area (Å²) in [7, 11) is 0. The number of alkyl halides is 1. The summed E-state index contributed by atoms with van der Waals surface area (Å²) < 4.78 is 0. The van der Waals surface area contributed by atoms with Crippen LogP contribution in [0.5, 0.6) is 0 Å². The lowest BCUT2D eigenvalue weighted by Crippen LogP contribution is -2.41. The number of carbonyl (C=O) groups excluding carboxylic acids is 1. The van der Waals surface area contributed by atoms with E-state index >= 15 is 0 Å². The van der Waals surface area contributed by atoms with Gasteiger partial charge in [0, 0.05) is 11.9 Å².